The van der Waals surface area contributed by atoms with Crippen molar-refractivity contribution in [1.29, 1.82) is 5.41 Å². The number of unbranched alkanes of at least 4 members (excludes halogenated alkanes) is 7. The molecular weight excluding hydrogens is 422 g/mol. The van der Waals surface area contributed by atoms with Gasteiger partial charge < -0.3 is 20.8 Å². The van der Waals surface area contributed by atoms with Gasteiger partial charge in [-0.3, -0.25) is 9.98 Å². The monoisotopic (exact) mass is 467 g/mol. The van der Waals surface area contributed by atoms with Crippen LogP contribution in [0.25, 0.3) is 0 Å². The smallest absolute Gasteiger partial charge is 0.191 e. The van der Waals surface area contributed by atoms with Crippen molar-refractivity contribution in [2.75, 3.05) is 32.8 Å². The maximum Gasteiger partial charge on any atom is 0.191 e. The number of ether oxygens (including phenoxy) is 1. The fourth-order valence-electron chi connectivity index (χ4n) is 4.50. The summed E-state index contributed by atoms with van der Waals surface area (Å²) < 4.78 is 5.89. The summed E-state index contributed by atoms with van der Waals surface area (Å²) in [7, 11) is 0. The Morgan fingerprint density at radius 3 is 2.29 bits per heavy atom. The van der Waals surface area contributed by atoms with E-state index in [0.29, 0.717) is 0 Å². The molecule has 3 rings (SSSR count). The van der Waals surface area contributed by atoms with Crippen molar-refractivity contribution in [1.82, 2.24) is 10.6 Å². The van der Waals surface area contributed by atoms with Crippen LogP contribution in [0.2, 0.25) is 0 Å². The second-order valence-electron chi connectivity index (χ2n) is 9.53. The zero-order valence-electron chi connectivity index (χ0n) is 21.0. The molecular formula is C28H45N5O. The summed E-state index contributed by atoms with van der Waals surface area (Å²) >= 11 is 0. The summed E-state index contributed by atoms with van der Waals surface area (Å²) in [6.07, 6.45) is 16.4. The molecule has 3 N–H and O–H groups in total. The standard InChI is InChI=1S/C28H45N5O/c29-25(12-6-4-2-1-3-5-9-20-31-28-32-21-22-33-28)13-8-11-23-34-26-17-15-24(16-18-26)27-14-7-10-19-30-27/h15-18,29H,1-14,19-23H2,(H2,31,32,33). The Hall–Kier alpha value is -2.37. The van der Waals surface area contributed by atoms with E-state index < -0.39 is 0 Å². The normalized spacial score (nSPS) is 15.4. The second kappa shape index (κ2) is 16.3. The lowest BCUT2D eigenvalue weighted by atomic mass is 10.0. The van der Waals surface area contributed by atoms with Crippen LogP contribution < -0.4 is 15.4 Å². The lowest BCUT2D eigenvalue weighted by molar-refractivity contribution is 0.308. The van der Waals surface area contributed by atoms with Gasteiger partial charge in [0.25, 0.3) is 0 Å². The van der Waals surface area contributed by atoms with Gasteiger partial charge in [-0.2, -0.15) is 0 Å². The van der Waals surface area contributed by atoms with Gasteiger partial charge in [0, 0.05) is 31.1 Å². The number of nitrogens with one attached hydrogen (secondary N) is 3. The highest BCUT2D eigenvalue weighted by atomic mass is 16.5. The molecule has 1 aromatic rings. The summed E-state index contributed by atoms with van der Waals surface area (Å²) in [5.41, 5.74) is 3.39. The van der Waals surface area contributed by atoms with Crippen LogP contribution in [0.3, 0.4) is 0 Å². The van der Waals surface area contributed by atoms with Gasteiger partial charge in [-0.1, -0.05) is 32.1 Å². The van der Waals surface area contributed by atoms with Crippen LogP contribution >= 0.6 is 0 Å². The van der Waals surface area contributed by atoms with E-state index in [-0.39, 0.29) is 0 Å². The highest BCUT2D eigenvalue weighted by molar-refractivity contribution is 6.00. The number of rotatable bonds is 17. The zero-order valence-corrected chi connectivity index (χ0v) is 21.0. The maximum atomic E-state index is 8.20. The molecule has 0 atom stereocenters. The molecule has 0 aromatic heterocycles. The first kappa shape index (κ1) is 26.2. The minimum Gasteiger partial charge on any atom is -0.494 e. The summed E-state index contributed by atoms with van der Waals surface area (Å²) in [5, 5.41) is 14.8. The second-order valence-corrected chi connectivity index (χ2v) is 9.53. The van der Waals surface area contributed by atoms with Crippen LogP contribution in [-0.4, -0.2) is 50.2 Å². The van der Waals surface area contributed by atoms with Crippen molar-refractivity contribution >= 4 is 17.4 Å². The molecule has 0 unspecified atom stereocenters. The Labute approximate surface area is 206 Å². The quantitative estimate of drug-likeness (QED) is 0.197. The first-order chi connectivity index (χ1) is 16.8. The lowest BCUT2D eigenvalue weighted by Gasteiger charge is -2.12. The first-order valence-electron chi connectivity index (χ1n) is 13.7. The number of aliphatic imine (C=N–C) groups is 2. The van der Waals surface area contributed by atoms with Crippen LogP contribution in [0, 0.1) is 5.41 Å². The van der Waals surface area contributed by atoms with E-state index in [1.807, 2.05) is 0 Å². The Balaban J connectivity index is 1.09. The summed E-state index contributed by atoms with van der Waals surface area (Å²) in [5.74, 6) is 1.91. The number of nitrogens with zero attached hydrogens (tertiary/aromatic N) is 2. The molecule has 2 heterocycles. The van der Waals surface area contributed by atoms with Gasteiger partial charge in [0.05, 0.1) is 13.2 Å². The van der Waals surface area contributed by atoms with E-state index in [1.54, 1.807) is 0 Å². The van der Waals surface area contributed by atoms with E-state index >= 15 is 0 Å². The lowest BCUT2D eigenvalue weighted by Crippen LogP contribution is -2.34. The predicted molar refractivity (Wildman–Crippen MR) is 144 cm³/mol. The van der Waals surface area contributed by atoms with Gasteiger partial charge in [-0.15, -0.1) is 0 Å². The molecule has 1 aromatic carbocycles. The Morgan fingerprint density at radius 1 is 0.853 bits per heavy atom. The molecule has 0 aliphatic carbocycles. The van der Waals surface area contributed by atoms with E-state index in [2.05, 4.69) is 44.9 Å². The van der Waals surface area contributed by atoms with Crippen LogP contribution in [0.1, 0.15) is 95.5 Å². The number of benzene rings is 1. The molecule has 0 saturated carbocycles. The largest absolute Gasteiger partial charge is 0.494 e. The average Bonchev–Trinajstić information content (AvgIpc) is 3.39. The topological polar surface area (TPSA) is 81.9 Å². The molecule has 0 saturated heterocycles. The fraction of sp³-hybridized carbons (Fsp3) is 0.679. The number of hydrogen-bond donors (Lipinski definition) is 3. The van der Waals surface area contributed by atoms with E-state index in [0.717, 1.165) is 82.3 Å². The molecule has 2 aliphatic heterocycles. The molecule has 0 radical (unpaired) electrons. The molecule has 6 nitrogen and oxygen atoms in total. The summed E-state index contributed by atoms with van der Waals surface area (Å²) in [6, 6.07) is 8.40. The third-order valence-corrected chi connectivity index (χ3v) is 6.58. The highest BCUT2D eigenvalue weighted by Crippen LogP contribution is 2.18. The third-order valence-electron chi connectivity index (χ3n) is 6.58. The highest BCUT2D eigenvalue weighted by Gasteiger charge is 2.08. The minimum atomic E-state index is 0.730. The molecule has 2 aliphatic rings. The van der Waals surface area contributed by atoms with Crippen LogP contribution in [0.4, 0.5) is 0 Å². The predicted octanol–water partition coefficient (Wildman–Crippen LogP) is 5.90. The minimum absolute atomic E-state index is 0.730. The average molecular weight is 468 g/mol. The van der Waals surface area contributed by atoms with Gasteiger partial charge in [0.2, 0.25) is 0 Å². The van der Waals surface area contributed by atoms with Crippen molar-refractivity contribution in [2.24, 2.45) is 9.98 Å². The van der Waals surface area contributed by atoms with Crippen molar-refractivity contribution in [3.05, 3.63) is 29.8 Å². The molecule has 0 bridgehead atoms. The Kier molecular flexibility index (Phi) is 12.6. The van der Waals surface area contributed by atoms with E-state index in [9.17, 15) is 0 Å². The number of hydrogen-bond acceptors (Lipinski definition) is 6. The molecule has 6 heteroatoms. The van der Waals surface area contributed by atoms with Crippen molar-refractivity contribution in [2.45, 2.75) is 89.9 Å². The maximum absolute atomic E-state index is 8.20. The summed E-state index contributed by atoms with van der Waals surface area (Å²) in [6.45, 7) is 4.60. The van der Waals surface area contributed by atoms with Crippen molar-refractivity contribution in [3.8, 4) is 5.75 Å². The molecule has 0 fully saturated rings. The fourth-order valence-corrected chi connectivity index (χ4v) is 4.50. The van der Waals surface area contributed by atoms with Gasteiger partial charge >= 0.3 is 0 Å². The third kappa shape index (κ3) is 10.7. The molecule has 0 amide bonds. The van der Waals surface area contributed by atoms with Gasteiger partial charge in [-0.05, 0) is 87.6 Å². The molecule has 34 heavy (non-hydrogen) atoms. The van der Waals surface area contributed by atoms with Gasteiger partial charge in [0.15, 0.2) is 5.96 Å². The molecule has 0 spiro atoms. The molecule has 188 valence electrons. The van der Waals surface area contributed by atoms with Crippen LogP contribution in [0.15, 0.2) is 34.3 Å². The first-order valence-corrected chi connectivity index (χ1v) is 13.7. The zero-order chi connectivity index (χ0) is 23.7. The van der Waals surface area contributed by atoms with Gasteiger partial charge in [0.1, 0.15) is 5.75 Å². The number of guanidine groups is 1. The van der Waals surface area contributed by atoms with Crippen molar-refractivity contribution < 1.29 is 4.74 Å². The van der Waals surface area contributed by atoms with Crippen LogP contribution in [-0.2, 0) is 0 Å². The SMILES string of the molecule is N=C(CCCCCCCCCNC1=NCCN1)CCCCOc1ccc(C2=NCCCC2)cc1. The summed E-state index contributed by atoms with van der Waals surface area (Å²) in [4.78, 5) is 8.98. The van der Waals surface area contributed by atoms with E-state index in [1.165, 1.54) is 69.1 Å². The van der Waals surface area contributed by atoms with Gasteiger partial charge in [-0.25, -0.2) is 0 Å². The Morgan fingerprint density at radius 2 is 1.59 bits per heavy atom. The van der Waals surface area contributed by atoms with Crippen LogP contribution in [0.5, 0.6) is 5.75 Å². The van der Waals surface area contributed by atoms with Crippen molar-refractivity contribution in [3.63, 3.8) is 0 Å². The van der Waals surface area contributed by atoms with E-state index in [4.69, 9.17) is 10.1 Å². The Bertz CT molecular complexity index is 772.